The molecule has 4 nitrogen and oxygen atoms in total. The number of benzene rings is 1. The Balaban J connectivity index is 1.88. The minimum absolute atomic E-state index is 0.248. The molecule has 5 heteroatoms. The average molecular weight is 272 g/mol. The molecule has 94 valence electrons. The smallest absolute Gasteiger partial charge is 0.257 e. The molecule has 2 N–H and O–H groups in total. The number of hydrogen-bond acceptors (Lipinski definition) is 2. The van der Waals surface area contributed by atoms with Crippen LogP contribution in [-0.2, 0) is 0 Å². The molecule has 0 saturated carbocycles. The third-order valence-electron chi connectivity index (χ3n) is 2.83. The number of anilines is 1. The molecule has 1 aromatic carbocycles. The lowest BCUT2D eigenvalue weighted by Crippen LogP contribution is -2.12. The normalized spacial score (nSPS) is 10.6. The van der Waals surface area contributed by atoms with E-state index < -0.39 is 0 Å². The monoisotopic (exact) mass is 271 g/mol. The summed E-state index contributed by atoms with van der Waals surface area (Å²) in [7, 11) is 0. The van der Waals surface area contributed by atoms with Crippen LogP contribution in [0.3, 0.4) is 0 Å². The van der Waals surface area contributed by atoms with Gasteiger partial charge in [0.2, 0.25) is 0 Å². The van der Waals surface area contributed by atoms with E-state index in [1.807, 2.05) is 30.5 Å². The highest BCUT2D eigenvalue weighted by molar-refractivity contribution is 6.34. The van der Waals surface area contributed by atoms with E-state index in [0.29, 0.717) is 10.6 Å². The van der Waals surface area contributed by atoms with Crippen LogP contribution >= 0.6 is 11.6 Å². The van der Waals surface area contributed by atoms with Gasteiger partial charge < -0.3 is 10.3 Å². The fourth-order valence-corrected chi connectivity index (χ4v) is 2.09. The van der Waals surface area contributed by atoms with Gasteiger partial charge in [0.05, 0.1) is 10.6 Å². The summed E-state index contributed by atoms with van der Waals surface area (Å²) in [6.45, 7) is 0. The number of aromatic nitrogens is 2. The van der Waals surface area contributed by atoms with E-state index >= 15 is 0 Å². The molecular formula is C14H10ClN3O. The summed E-state index contributed by atoms with van der Waals surface area (Å²) < 4.78 is 0. The first-order valence-corrected chi connectivity index (χ1v) is 6.10. The number of amides is 1. The summed E-state index contributed by atoms with van der Waals surface area (Å²) in [5.41, 5.74) is 2.16. The average Bonchev–Trinajstić information content (AvgIpc) is 2.86. The summed E-state index contributed by atoms with van der Waals surface area (Å²) in [4.78, 5) is 19.0. The Morgan fingerprint density at radius 3 is 3.00 bits per heavy atom. The Labute approximate surface area is 114 Å². The van der Waals surface area contributed by atoms with Crippen LogP contribution in [0.4, 0.5) is 5.69 Å². The van der Waals surface area contributed by atoms with Crippen molar-refractivity contribution in [3.63, 3.8) is 0 Å². The van der Waals surface area contributed by atoms with Gasteiger partial charge in [0, 0.05) is 35.2 Å². The van der Waals surface area contributed by atoms with E-state index in [0.717, 1.165) is 16.6 Å². The molecule has 0 aliphatic rings. The van der Waals surface area contributed by atoms with Crippen molar-refractivity contribution in [3.05, 3.63) is 59.5 Å². The molecule has 3 rings (SSSR count). The van der Waals surface area contributed by atoms with Crippen LogP contribution < -0.4 is 5.32 Å². The predicted molar refractivity (Wildman–Crippen MR) is 75.5 cm³/mol. The lowest BCUT2D eigenvalue weighted by Gasteiger charge is -2.06. The first-order chi connectivity index (χ1) is 9.24. The van der Waals surface area contributed by atoms with Crippen molar-refractivity contribution in [3.8, 4) is 0 Å². The van der Waals surface area contributed by atoms with Gasteiger partial charge in [0.1, 0.15) is 0 Å². The molecule has 3 aromatic rings. The van der Waals surface area contributed by atoms with Gasteiger partial charge in [-0.2, -0.15) is 0 Å². The second-order valence-corrected chi connectivity index (χ2v) is 4.50. The van der Waals surface area contributed by atoms with Crippen LogP contribution in [0.2, 0.25) is 5.02 Å². The number of hydrogen-bond donors (Lipinski definition) is 2. The second-order valence-electron chi connectivity index (χ2n) is 4.09. The molecule has 0 spiro atoms. The zero-order chi connectivity index (χ0) is 13.2. The number of aromatic amines is 1. The Bertz CT molecular complexity index is 751. The number of rotatable bonds is 2. The molecule has 2 heterocycles. The lowest BCUT2D eigenvalue weighted by molar-refractivity contribution is 0.102. The molecule has 1 amide bonds. The van der Waals surface area contributed by atoms with E-state index in [9.17, 15) is 4.79 Å². The van der Waals surface area contributed by atoms with E-state index in [1.165, 1.54) is 12.4 Å². The molecule has 0 bridgehead atoms. The maximum Gasteiger partial charge on any atom is 0.257 e. The first kappa shape index (κ1) is 11.7. The van der Waals surface area contributed by atoms with E-state index in [2.05, 4.69) is 15.3 Å². The van der Waals surface area contributed by atoms with Gasteiger partial charge in [0.25, 0.3) is 5.91 Å². The zero-order valence-corrected chi connectivity index (χ0v) is 10.6. The molecule has 0 aliphatic carbocycles. The molecule has 2 aromatic heterocycles. The maximum absolute atomic E-state index is 12.1. The third-order valence-corrected chi connectivity index (χ3v) is 3.13. The van der Waals surface area contributed by atoms with Crippen molar-refractivity contribution in [2.24, 2.45) is 0 Å². The number of nitrogens with one attached hydrogen (secondary N) is 2. The van der Waals surface area contributed by atoms with Crippen LogP contribution in [0, 0.1) is 0 Å². The summed E-state index contributed by atoms with van der Waals surface area (Å²) in [6.07, 6.45) is 4.85. The lowest BCUT2D eigenvalue weighted by atomic mass is 10.2. The van der Waals surface area contributed by atoms with Crippen LogP contribution in [-0.4, -0.2) is 15.9 Å². The van der Waals surface area contributed by atoms with E-state index in [4.69, 9.17) is 11.6 Å². The highest BCUT2D eigenvalue weighted by Crippen LogP contribution is 2.20. The minimum Gasteiger partial charge on any atom is -0.361 e. The fourth-order valence-electron chi connectivity index (χ4n) is 1.89. The standard InChI is InChI=1S/C14H10ClN3O/c15-12-8-16-5-4-11(12)14(19)18-10-1-2-13-9(7-10)3-6-17-13/h1-8,17H,(H,18,19). The predicted octanol–water partition coefficient (Wildman–Crippen LogP) is 3.47. The van der Waals surface area contributed by atoms with Crippen molar-refractivity contribution >= 4 is 34.1 Å². The highest BCUT2D eigenvalue weighted by atomic mass is 35.5. The zero-order valence-electron chi connectivity index (χ0n) is 9.85. The first-order valence-electron chi connectivity index (χ1n) is 5.72. The molecule has 19 heavy (non-hydrogen) atoms. The molecule has 0 unspecified atom stereocenters. The van der Waals surface area contributed by atoms with Crippen LogP contribution in [0.5, 0.6) is 0 Å². The quantitative estimate of drug-likeness (QED) is 0.750. The van der Waals surface area contributed by atoms with E-state index in [1.54, 1.807) is 6.07 Å². The maximum atomic E-state index is 12.1. The summed E-state index contributed by atoms with van der Waals surface area (Å²) >= 11 is 5.93. The minimum atomic E-state index is -0.248. The van der Waals surface area contributed by atoms with Crippen LogP contribution in [0.15, 0.2) is 48.9 Å². The van der Waals surface area contributed by atoms with Gasteiger partial charge in [0.15, 0.2) is 0 Å². The van der Waals surface area contributed by atoms with Crippen molar-refractivity contribution in [1.29, 1.82) is 0 Å². The molecule has 0 atom stereocenters. The fraction of sp³-hybridized carbons (Fsp3) is 0. The Kier molecular flexibility index (Phi) is 2.93. The largest absolute Gasteiger partial charge is 0.361 e. The highest BCUT2D eigenvalue weighted by Gasteiger charge is 2.10. The van der Waals surface area contributed by atoms with Crippen LogP contribution in [0.25, 0.3) is 10.9 Å². The van der Waals surface area contributed by atoms with Gasteiger partial charge in [-0.15, -0.1) is 0 Å². The van der Waals surface area contributed by atoms with Crippen molar-refractivity contribution < 1.29 is 4.79 Å². The molecule has 0 saturated heterocycles. The van der Waals surface area contributed by atoms with Gasteiger partial charge in [-0.25, -0.2) is 0 Å². The molecule has 0 fully saturated rings. The summed E-state index contributed by atoms with van der Waals surface area (Å²) in [5.74, 6) is -0.248. The third kappa shape index (κ3) is 2.30. The summed E-state index contributed by atoms with van der Waals surface area (Å²) in [5, 5.41) is 4.19. The van der Waals surface area contributed by atoms with Crippen LogP contribution in [0.1, 0.15) is 10.4 Å². The van der Waals surface area contributed by atoms with Gasteiger partial charge >= 0.3 is 0 Å². The molecule has 0 radical (unpaired) electrons. The number of halogens is 1. The number of carbonyl (C=O) groups excluding carboxylic acids is 1. The number of nitrogens with zero attached hydrogens (tertiary/aromatic N) is 1. The van der Waals surface area contributed by atoms with Gasteiger partial charge in [-0.3, -0.25) is 9.78 Å². The number of fused-ring (bicyclic) bond motifs is 1. The van der Waals surface area contributed by atoms with Crippen molar-refractivity contribution in [2.75, 3.05) is 5.32 Å². The van der Waals surface area contributed by atoms with Crippen molar-refractivity contribution in [2.45, 2.75) is 0 Å². The van der Waals surface area contributed by atoms with Crippen molar-refractivity contribution in [1.82, 2.24) is 9.97 Å². The topological polar surface area (TPSA) is 57.8 Å². The Morgan fingerprint density at radius 1 is 1.26 bits per heavy atom. The Hall–Kier alpha value is -2.33. The second kappa shape index (κ2) is 4.74. The van der Waals surface area contributed by atoms with E-state index in [-0.39, 0.29) is 5.91 Å². The molecular weight excluding hydrogens is 262 g/mol. The molecule has 0 aliphatic heterocycles. The number of carbonyl (C=O) groups is 1. The number of pyridine rings is 1. The summed E-state index contributed by atoms with van der Waals surface area (Å²) in [6, 6.07) is 9.20. The Morgan fingerprint density at radius 2 is 2.16 bits per heavy atom. The number of H-pyrrole nitrogens is 1. The SMILES string of the molecule is O=C(Nc1ccc2[nH]ccc2c1)c1ccncc1Cl. The van der Waals surface area contributed by atoms with Gasteiger partial charge in [-0.05, 0) is 30.3 Å². The van der Waals surface area contributed by atoms with Gasteiger partial charge in [-0.1, -0.05) is 11.6 Å².